The van der Waals surface area contributed by atoms with Crippen LogP contribution < -0.4 is 4.57 Å². The zero-order valence-corrected chi connectivity index (χ0v) is 8.47. The number of aliphatic carboxylic acids is 1. The van der Waals surface area contributed by atoms with Gasteiger partial charge >= 0.3 is 5.97 Å². The molecular weight excluding hydrogens is 190 g/mol. The van der Waals surface area contributed by atoms with E-state index < -0.39 is 5.97 Å². The normalized spacial score (nSPS) is 9.08. The molecule has 1 aromatic rings. The van der Waals surface area contributed by atoms with Crippen LogP contribution in [0.15, 0.2) is 18.2 Å². The molecule has 4 heteroatoms. The summed E-state index contributed by atoms with van der Waals surface area (Å²) in [5.41, 5.74) is 1.94. The van der Waals surface area contributed by atoms with Crippen LogP contribution in [0.4, 0.5) is 0 Å². The number of pyridine rings is 1. The fourth-order valence-electron chi connectivity index (χ4n) is 1.17. The molecule has 0 bridgehead atoms. The number of hydrogen-bond donors (Lipinski definition) is 1. The average Bonchev–Trinajstić information content (AvgIpc) is 1.97. The number of nitrogens with zero attached hydrogens (tertiary/aromatic N) is 1. The molecule has 0 unspecified atom stereocenters. The van der Waals surface area contributed by atoms with E-state index in [2.05, 4.69) is 0 Å². The number of carboxylic acids is 1. The van der Waals surface area contributed by atoms with Gasteiger partial charge in [-0.2, -0.15) is 4.57 Å². The quantitative estimate of drug-likeness (QED) is 0.730. The smallest absolute Gasteiger partial charge is 0.370 e. The SMILES string of the molecule is Cc1cccc(C)[n+]1CC(=O)O.Cl. The van der Waals surface area contributed by atoms with Crippen LogP contribution >= 0.6 is 12.4 Å². The van der Waals surface area contributed by atoms with Crippen LogP contribution in [0.1, 0.15) is 11.4 Å². The first-order valence-corrected chi connectivity index (χ1v) is 3.79. The molecule has 0 atom stereocenters. The maximum atomic E-state index is 10.5. The van der Waals surface area contributed by atoms with Crippen molar-refractivity contribution in [1.82, 2.24) is 0 Å². The standard InChI is InChI=1S/C9H11NO2.ClH/c1-7-4-3-5-8(2)10(7)6-9(11)12;/h3-5H,6H2,1-2H3;1H/p+1. The number of halogens is 1. The maximum absolute atomic E-state index is 10.5. The molecule has 0 saturated heterocycles. The van der Waals surface area contributed by atoms with Crippen LogP contribution in [0, 0.1) is 13.8 Å². The Balaban J connectivity index is 0.00000144. The molecule has 0 amide bonds. The molecule has 0 radical (unpaired) electrons. The number of carbonyl (C=O) groups is 1. The Labute approximate surface area is 83.4 Å². The van der Waals surface area contributed by atoms with Crippen molar-refractivity contribution in [2.24, 2.45) is 0 Å². The van der Waals surface area contributed by atoms with E-state index in [1.807, 2.05) is 32.0 Å². The van der Waals surface area contributed by atoms with Gasteiger partial charge in [-0.1, -0.05) is 0 Å². The van der Waals surface area contributed by atoms with E-state index in [1.54, 1.807) is 4.57 Å². The Kier molecular flexibility index (Phi) is 4.42. The van der Waals surface area contributed by atoms with Crippen molar-refractivity contribution >= 4 is 18.4 Å². The second-order valence-corrected chi connectivity index (χ2v) is 2.79. The summed E-state index contributed by atoms with van der Waals surface area (Å²) >= 11 is 0. The van der Waals surface area contributed by atoms with Crippen molar-refractivity contribution in [2.45, 2.75) is 20.4 Å². The van der Waals surface area contributed by atoms with Gasteiger partial charge in [0.2, 0.25) is 6.54 Å². The molecule has 3 nitrogen and oxygen atoms in total. The highest BCUT2D eigenvalue weighted by Gasteiger charge is 2.12. The van der Waals surface area contributed by atoms with Gasteiger partial charge in [-0.25, -0.2) is 4.79 Å². The molecule has 72 valence electrons. The molecule has 0 aromatic carbocycles. The summed E-state index contributed by atoms with van der Waals surface area (Å²) < 4.78 is 1.77. The van der Waals surface area contributed by atoms with E-state index >= 15 is 0 Å². The largest absolute Gasteiger partial charge is 0.477 e. The van der Waals surface area contributed by atoms with Crippen molar-refractivity contribution in [3.63, 3.8) is 0 Å². The molecule has 0 spiro atoms. The molecule has 0 saturated carbocycles. The predicted molar refractivity (Wildman–Crippen MR) is 51.0 cm³/mol. The number of aromatic nitrogens is 1. The lowest BCUT2D eigenvalue weighted by molar-refractivity contribution is -0.697. The Morgan fingerprint density at radius 1 is 1.38 bits per heavy atom. The zero-order chi connectivity index (χ0) is 9.14. The van der Waals surface area contributed by atoms with Gasteiger partial charge in [0.15, 0.2) is 11.4 Å². The van der Waals surface area contributed by atoms with Crippen LogP contribution in [0.2, 0.25) is 0 Å². The fourth-order valence-corrected chi connectivity index (χ4v) is 1.17. The molecule has 1 heterocycles. The van der Waals surface area contributed by atoms with Crippen molar-refractivity contribution in [3.8, 4) is 0 Å². The Bertz CT molecular complexity index is 292. The topological polar surface area (TPSA) is 41.2 Å². The van der Waals surface area contributed by atoms with Gasteiger partial charge in [0.05, 0.1) is 0 Å². The molecular formula is C9H13ClNO2+. The lowest BCUT2D eigenvalue weighted by atomic mass is 10.3. The molecule has 0 aliphatic heterocycles. The molecule has 0 aliphatic rings. The van der Waals surface area contributed by atoms with E-state index in [-0.39, 0.29) is 19.0 Å². The third-order valence-corrected chi connectivity index (χ3v) is 1.82. The van der Waals surface area contributed by atoms with Crippen LogP contribution in [0.25, 0.3) is 0 Å². The summed E-state index contributed by atoms with van der Waals surface area (Å²) in [4.78, 5) is 10.5. The van der Waals surface area contributed by atoms with Crippen molar-refractivity contribution in [3.05, 3.63) is 29.6 Å². The third-order valence-electron chi connectivity index (χ3n) is 1.82. The predicted octanol–water partition coefficient (Wildman–Crippen LogP) is 1.10. The van der Waals surface area contributed by atoms with E-state index in [9.17, 15) is 4.79 Å². The highest BCUT2D eigenvalue weighted by molar-refractivity contribution is 5.85. The van der Waals surface area contributed by atoms with Crippen molar-refractivity contribution in [2.75, 3.05) is 0 Å². The number of rotatable bonds is 2. The van der Waals surface area contributed by atoms with Crippen LogP contribution in [-0.2, 0) is 11.3 Å². The van der Waals surface area contributed by atoms with Gasteiger partial charge in [-0.3, -0.25) is 0 Å². The monoisotopic (exact) mass is 202 g/mol. The van der Waals surface area contributed by atoms with Crippen molar-refractivity contribution < 1.29 is 14.5 Å². The summed E-state index contributed by atoms with van der Waals surface area (Å²) in [7, 11) is 0. The minimum Gasteiger partial charge on any atom is -0.477 e. The summed E-state index contributed by atoms with van der Waals surface area (Å²) in [6, 6.07) is 5.72. The van der Waals surface area contributed by atoms with Crippen LogP contribution in [0.5, 0.6) is 0 Å². The fraction of sp³-hybridized carbons (Fsp3) is 0.333. The molecule has 0 fully saturated rings. The Morgan fingerprint density at radius 2 is 1.85 bits per heavy atom. The van der Waals surface area contributed by atoms with Crippen LogP contribution in [0.3, 0.4) is 0 Å². The first-order valence-electron chi connectivity index (χ1n) is 3.79. The summed E-state index contributed by atoms with van der Waals surface area (Å²) in [6.07, 6.45) is 0. The molecule has 13 heavy (non-hydrogen) atoms. The maximum Gasteiger partial charge on any atom is 0.370 e. The van der Waals surface area contributed by atoms with E-state index in [0.29, 0.717) is 0 Å². The van der Waals surface area contributed by atoms with Crippen LogP contribution in [-0.4, -0.2) is 11.1 Å². The summed E-state index contributed by atoms with van der Waals surface area (Å²) in [5.74, 6) is -0.808. The van der Waals surface area contributed by atoms with Gasteiger partial charge in [-0.15, -0.1) is 12.4 Å². The minimum atomic E-state index is -0.808. The number of carboxylic acid groups (broad SMARTS) is 1. The van der Waals surface area contributed by atoms with Gasteiger partial charge < -0.3 is 5.11 Å². The highest BCUT2D eigenvalue weighted by Crippen LogP contribution is 1.93. The molecule has 1 aromatic heterocycles. The lowest BCUT2D eigenvalue weighted by Gasteiger charge is -1.99. The van der Waals surface area contributed by atoms with Crippen molar-refractivity contribution in [1.29, 1.82) is 0 Å². The first-order chi connectivity index (χ1) is 5.61. The van der Waals surface area contributed by atoms with E-state index in [0.717, 1.165) is 11.4 Å². The van der Waals surface area contributed by atoms with E-state index in [1.165, 1.54) is 0 Å². The Hall–Kier alpha value is -1.09. The number of hydrogen-bond acceptors (Lipinski definition) is 1. The van der Waals surface area contributed by atoms with Gasteiger partial charge in [0.1, 0.15) is 0 Å². The number of aryl methyl sites for hydroxylation is 2. The van der Waals surface area contributed by atoms with E-state index in [4.69, 9.17) is 5.11 Å². The molecule has 0 aliphatic carbocycles. The van der Waals surface area contributed by atoms with Gasteiger partial charge in [-0.05, 0) is 6.07 Å². The summed E-state index contributed by atoms with van der Waals surface area (Å²) in [5, 5.41) is 8.59. The second-order valence-electron chi connectivity index (χ2n) is 2.79. The molecule has 1 rings (SSSR count). The lowest BCUT2D eigenvalue weighted by Crippen LogP contribution is -2.43. The highest BCUT2D eigenvalue weighted by atomic mass is 35.5. The third kappa shape index (κ3) is 3.03. The zero-order valence-electron chi connectivity index (χ0n) is 7.65. The molecule has 1 N–H and O–H groups in total. The Morgan fingerprint density at radius 3 is 2.23 bits per heavy atom. The van der Waals surface area contributed by atoms with Gasteiger partial charge in [0, 0.05) is 26.0 Å². The average molecular weight is 203 g/mol. The first kappa shape index (κ1) is 11.9. The minimum absolute atomic E-state index is 0. The second kappa shape index (κ2) is 4.82. The summed E-state index contributed by atoms with van der Waals surface area (Å²) in [6.45, 7) is 3.84. The van der Waals surface area contributed by atoms with Gasteiger partial charge in [0.25, 0.3) is 0 Å².